The van der Waals surface area contributed by atoms with E-state index >= 15 is 0 Å². The lowest BCUT2D eigenvalue weighted by molar-refractivity contribution is 0.0696. The molecule has 2 aliphatic carbocycles. The number of pyridine rings is 2. The Morgan fingerprint density at radius 3 is 1.53 bits per heavy atom. The summed E-state index contributed by atoms with van der Waals surface area (Å²) in [6, 6.07) is 8.92. The van der Waals surface area contributed by atoms with Crippen molar-refractivity contribution in [3.05, 3.63) is 59.2 Å². The summed E-state index contributed by atoms with van der Waals surface area (Å²) in [5.74, 6) is -1.06. The number of carboxylic acid groups (broad SMARTS) is 1. The number of hydrogen-bond acceptors (Lipinski definition) is 9. The highest BCUT2D eigenvalue weighted by atomic mass is 19.1. The van der Waals surface area contributed by atoms with Gasteiger partial charge >= 0.3 is 18.0 Å². The van der Waals surface area contributed by atoms with E-state index in [2.05, 4.69) is 25.1 Å². The highest BCUT2D eigenvalue weighted by Gasteiger charge is 2.36. The predicted octanol–water partition coefficient (Wildman–Crippen LogP) is 3.47. The predicted molar refractivity (Wildman–Crippen MR) is 216 cm³/mol. The molecule has 0 unspecified atom stereocenters. The van der Waals surface area contributed by atoms with Gasteiger partial charge in [-0.05, 0) is 76.6 Å². The summed E-state index contributed by atoms with van der Waals surface area (Å²) in [6.45, 7) is 14.1. The highest BCUT2D eigenvalue weighted by Crippen LogP contribution is 2.27. The normalized spacial score (nSPS) is 21.1. The summed E-state index contributed by atoms with van der Waals surface area (Å²) in [4.78, 5) is 68.3. The maximum Gasteiger partial charge on any atom is 0.337 e. The molecule has 6 heterocycles. The number of nitrogens with one attached hydrogen (secondary N) is 1. The minimum absolute atomic E-state index is 0.0289. The molecule has 6 aliphatic rings. The Morgan fingerprint density at radius 2 is 1.14 bits per heavy atom. The summed E-state index contributed by atoms with van der Waals surface area (Å²) >= 11 is 0. The number of nitrogens with zero attached hydrogens (tertiary/aromatic N) is 8. The third-order valence-corrected chi connectivity index (χ3v) is 11.8. The van der Waals surface area contributed by atoms with Crippen molar-refractivity contribution in [3.63, 3.8) is 0 Å². The van der Waals surface area contributed by atoms with Crippen LogP contribution in [0.5, 0.6) is 0 Å². The third kappa shape index (κ3) is 12.3. The van der Waals surface area contributed by atoms with Gasteiger partial charge < -0.3 is 35.8 Å². The Labute approximate surface area is 338 Å². The minimum Gasteiger partial charge on any atom is -0.478 e. The van der Waals surface area contributed by atoms with Crippen molar-refractivity contribution in [2.24, 2.45) is 5.73 Å². The third-order valence-electron chi connectivity index (χ3n) is 11.8. The fraction of sp³-hybridized carbons (Fsp3) is 0.659. The van der Waals surface area contributed by atoms with Crippen LogP contribution in [0.1, 0.15) is 84.8 Å². The van der Waals surface area contributed by atoms with Crippen molar-refractivity contribution >= 4 is 23.9 Å². The second-order valence-electron chi connectivity index (χ2n) is 15.9. The van der Waals surface area contributed by atoms with E-state index in [-0.39, 0.29) is 35.6 Å². The molecule has 314 valence electrons. The van der Waals surface area contributed by atoms with Crippen LogP contribution in [0.2, 0.25) is 0 Å². The number of carboxylic acids is 1. The van der Waals surface area contributed by atoms with Crippen molar-refractivity contribution in [3.8, 4) is 0 Å². The minimum atomic E-state index is -1.00. The van der Waals surface area contributed by atoms with E-state index < -0.39 is 13.1 Å². The van der Waals surface area contributed by atoms with Crippen LogP contribution in [0.15, 0.2) is 36.7 Å². The zero-order valence-electron chi connectivity index (χ0n) is 34.7. The van der Waals surface area contributed by atoms with Gasteiger partial charge in [-0.15, -0.1) is 0 Å². The van der Waals surface area contributed by atoms with E-state index in [1.165, 1.54) is 50.8 Å². The molecule has 4 saturated heterocycles. The van der Waals surface area contributed by atoms with E-state index in [1.807, 2.05) is 39.5 Å². The van der Waals surface area contributed by atoms with Crippen LogP contribution in [0.4, 0.5) is 14.0 Å². The number of halogens is 1. The SMILES string of the molecule is Cc1ccc(C(=O)NC2CN(C(=O)N3CCCN(C4CCC4)CC3)C2)cn1.Cc1ccc(C(=O)O)cn1.NC1CN(C(=O)N2CCCN(C3CCC3)CC2)C1.[2H]CF. The molecule has 6 fully saturated rings. The fourth-order valence-corrected chi connectivity index (χ4v) is 7.75. The van der Waals surface area contributed by atoms with Crippen molar-refractivity contribution in [2.45, 2.75) is 89.4 Å². The highest BCUT2D eigenvalue weighted by molar-refractivity contribution is 5.94. The Hall–Kier alpha value is -4.41. The Balaban J connectivity index is 0.000000177. The monoisotopic (exact) mass is 796 g/mol. The molecule has 0 aromatic carbocycles. The first-order valence-corrected chi connectivity index (χ1v) is 20.5. The molecule has 57 heavy (non-hydrogen) atoms. The Kier molecular flexibility index (Phi) is 15.8. The fourth-order valence-electron chi connectivity index (χ4n) is 7.75. The van der Waals surface area contributed by atoms with Crippen molar-refractivity contribution in [1.29, 1.82) is 0 Å². The van der Waals surface area contributed by atoms with E-state index in [9.17, 15) is 23.6 Å². The second-order valence-corrected chi connectivity index (χ2v) is 15.9. The van der Waals surface area contributed by atoms with Gasteiger partial charge in [0.05, 0.1) is 25.7 Å². The maximum absolute atomic E-state index is 12.7. The Bertz CT molecular complexity index is 1620. The number of aromatic carboxylic acids is 1. The van der Waals surface area contributed by atoms with E-state index in [1.54, 1.807) is 18.3 Å². The number of aromatic nitrogens is 2. The van der Waals surface area contributed by atoms with Crippen LogP contribution >= 0.6 is 0 Å². The molecule has 4 N–H and O–H groups in total. The number of likely N-dealkylation sites (tertiary alicyclic amines) is 2. The van der Waals surface area contributed by atoms with Gasteiger partial charge in [-0.1, -0.05) is 12.8 Å². The second kappa shape index (κ2) is 21.4. The quantitative estimate of drug-likeness (QED) is 0.407. The molecule has 15 nitrogen and oxygen atoms in total. The first kappa shape index (κ1) is 42.2. The summed E-state index contributed by atoms with van der Waals surface area (Å²) < 4.78 is 15.5. The molecular weight excluding hydrogens is 732 g/mol. The van der Waals surface area contributed by atoms with Crippen molar-refractivity contribution in [1.82, 2.24) is 44.7 Å². The van der Waals surface area contributed by atoms with E-state index in [4.69, 9.17) is 12.2 Å². The largest absolute Gasteiger partial charge is 0.478 e. The molecule has 5 amide bonds. The zero-order chi connectivity index (χ0) is 41.6. The molecule has 2 saturated carbocycles. The number of urea groups is 2. The lowest BCUT2D eigenvalue weighted by atomic mass is 9.91. The van der Waals surface area contributed by atoms with Gasteiger partial charge in [-0.2, -0.15) is 0 Å². The average molecular weight is 796 g/mol. The van der Waals surface area contributed by atoms with Gasteiger partial charge in [0, 0.05) is 120 Å². The standard InChI is InChI=1S/C20H29N5O2.C13H24N4O.C7H7NO2.CH3F/c1-15-6-7-16(12-21-15)19(26)22-17-13-25(14-17)20(27)24-9-3-8-23(10-11-24)18-4-2-5-18;14-11-9-17(10-11)13(18)16-6-2-5-15(7-8-16)12-3-1-4-12;1-5-2-3-6(4-8-5)7(9)10;1-2/h6-7,12,17-18H,2-5,8-11,13-14H2,1H3,(H,22,26);11-12H,1-10,14H2;2-4H,1H3,(H,9,10);1H3/i;;;1D. The van der Waals surface area contributed by atoms with Gasteiger partial charge in [0.1, 0.15) is 0 Å². The summed E-state index contributed by atoms with van der Waals surface area (Å²) in [5, 5.41) is 11.4. The summed E-state index contributed by atoms with van der Waals surface area (Å²) in [6.07, 6.45) is 13.2. The lowest BCUT2D eigenvalue weighted by Gasteiger charge is -2.42. The molecule has 0 radical (unpaired) electrons. The van der Waals surface area contributed by atoms with Crippen LogP contribution in [0.25, 0.3) is 0 Å². The average Bonchev–Trinajstić information content (AvgIpc) is 3.53. The lowest BCUT2D eigenvalue weighted by Crippen LogP contribution is -2.63. The molecule has 4 aliphatic heterocycles. The molecular formula is C41H63FN10O5. The number of rotatable bonds is 5. The van der Waals surface area contributed by atoms with Crippen molar-refractivity contribution in [2.75, 3.05) is 85.7 Å². The zero-order valence-corrected chi connectivity index (χ0v) is 33.7. The van der Waals surface area contributed by atoms with Gasteiger partial charge in [0.2, 0.25) is 0 Å². The molecule has 0 atom stereocenters. The van der Waals surface area contributed by atoms with Crippen LogP contribution in [0, 0.1) is 13.8 Å². The first-order valence-electron chi connectivity index (χ1n) is 21.2. The van der Waals surface area contributed by atoms with Crippen LogP contribution < -0.4 is 11.1 Å². The molecule has 2 aromatic rings. The van der Waals surface area contributed by atoms with Crippen LogP contribution in [-0.2, 0) is 0 Å². The van der Waals surface area contributed by atoms with Crippen LogP contribution in [0.3, 0.4) is 0 Å². The molecule has 8 rings (SSSR count). The van der Waals surface area contributed by atoms with Gasteiger partial charge in [-0.25, -0.2) is 14.4 Å². The van der Waals surface area contributed by atoms with Gasteiger partial charge in [0.15, 0.2) is 0 Å². The number of amides is 5. The topological polar surface area (TPSA) is 172 Å². The van der Waals surface area contributed by atoms with Gasteiger partial charge in [-0.3, -0.25) is 29.0 Å². The molecule has 0 bridgehead atoms. The van der Waals surface area contributed by atoms with Crippen LogP contribution in [-0.4, -0.2) is 178 Å². The number of carbonyl (C=O) groups excluding carboxylic acids is 3. The summed E-state index contributed by atoms with van der Waals surface area (Å²) in [7, 11) is -1.00. The number of nitrogens with two attached hydrogens (primary N) is 1. The smallest absolute Gasteiger partial charge is 0.337 e. The molecule has 2 aromatic heterocycles. The summed E-state index contributed by atoms with van der Waals surface area (Å²) in [5.41, 5.74) is 8.24. The van der Waals surface area contributed by atoms with Gasteiger partial charge in [0.25, 0.3) is 5.91 Å². The number of alkyl halides is 1. The van der Waals surface area contributed by atoms with E-state index in [0.29, 0.717) is 18.7 Å². The number of aryl methyl sites for hydroxylation is 2. The number of hydrogen-bond donors (Lipinski definition) is 3. The maximum atomic E-state index is 12.7. The Morgan fingerprint density at radius 1 is 0.684 bits per heavy atom. The number of carbonyl (C=O) groups is 4. The molecule has 0 spiro atoms. The van der Waals surface area contributed by atoms with Crippen molar-refractivity contribution < 1.29 is 30.0 Å². The molecule has 16 heteroatoms. The first-order chi connectivity index (χ1) is 27.9. The van der Waals surface area contributed by atoms with E-state index in [0.717, 1.165) is 102 Å².